The van der Waals surface area contributed by atoms with Gasteiger partial charge < -0.3 is 9.75 Å². The highest BCUT2D eigenvalue weighted by molar-refractivity contribution is 5.73. The van der Waals surface area contributed by atoms with Crippen molar-refractivity contribution in [3.63, 3.8) is 0 Å². The monoisotopic (exact) mass is 313 g/mol. The molecule has 0 saturated carbocycles. The van der Waals surface area contributed by atoms with Crippen LogP contribution in [0, 0.1) is 0 Å². The molecule has 1 unspecified atom stereocenters. The Hall–Kier alpha value is -2.45. The maximum atomic E-state index is 5.28. The molecule has 0 aliphatic carbocycles. The van der Waals surface area contributed by atoms with E-state index < -0.39 is 0 Å². The standard InChI is InChI=1S/C15H19N7O/c1-4-23-15-17-5-10(6-18-15)22-9-11-12-8-20(2)21(3)14(12)16-7-13(11)19-22/h5-6,8-9,14,16H,4,7H2,1-3H3. The topological polar surface area (TPSA) is 71.3 Å². The zero-order chi connectivity index (χ0) is 16.0. The van der Waals surface area contributed by atoms with Gasteiger partial charge in [0.25, 0.3) is 0 Å². The molecule has 0 radical (unpaired) electrons. The van der Waals surface area contributed by atoms with Crippen molar-refractivity contribution in [2.75, 3.05) is 20.7 Å². The number of hydrazine groups is 1. The number of aromatic nitrogens is 4. The molecule has 0 bridgehead atoms. The van der Waals surface area contributed by atoms with Gasteiger partial charge in [0, 0.05) is 44.2 Å². The number of nitrogens with zero attached hydrogens (tertiary/aromatic N) is 6. The van der Waals surface area contributed by atoms with Gasteiger partial charge in [-0.15, -0.1) is 0 Å². The lowest BCUT2D eigenvalue weighted by molar-refractivity contribution is 0.0597. The quantitative estimate of drug-likeness (QED) is 0.891. The number of hydrogen-bond donors (Lipinski definition) is 1. The first-order valence-corrected chi connectivity index (χ1v) is 7.62. The predicted octanol–water partition coefficient (Wildman–Crippen LogP) is 0.623. The Balaban J connectivity index is 1.67. The van der Waals surface area contributed by atoms with Gasteiger partial charge in [-0.3, -0.25) is 5.32 Å². The van der Waals surface area contributed by atoms with E-state index in [1.165, 1.54) is 11.1 Å². The van der Waals surface area contributed by atoms with Gasteiger partial charge in [0.05, 0.1) is 24.7 Å². The van der Waals surface area contributed by atoms with E-state index in [0.29, 0.717) is 12.6 Å². The summed E-state index contributed by atoms with van der Waals surface area (Å²) < 4.78 is 7.10. The van der Waals surface area contributed by atoms with Gasteiger partial charge in [0.15, 0.2) is 0 Å². The second-order valence-corrected chi connectivity index (χ2v) is 5.61. The molecule has 4 heterocycles. The van der Waals surface area contributed by atoms with Crippen molar-refractivity contribution in [1.82, 2.24) is 35.1 Å². The summed E-state index contributed by atoms with van der Waals surface area (Å²) in [7, 11) is 4.11. The fourth-order valence-electron chi connectivity index (χ4n) is 2.94. The van der Waals surface area contributed by atoms with Crippen LogP contribution in [0.1, 0.15) is 18.2 Å². The third-order valence-corrected chi connectivity index (χ3v) is 4.21. The number of hydrogen-bond acceptors (Lipinski definition) is 7. The van der Waals surface area contributed by atoms with Gasteiger partial charge in [-0.1, -0.05) is 0 Å². The summed E-state index contributed by atoms with van der Waals surface area (Å²) in [5.74, 6) is 0. The van der Waals surface area contributed by atoms with Gasteiger partial charge >= 0.3 is 6.01 Å². The highest BCUT2D eigenvalue weighted by Crippen LogP contribution is 2.33. The molecule has 2 aromatic heterocycles. The lowest BCUT2D eigenvalue weighted by Crippen LogP contribution is -2.46. The summed E-state index contributed by atoms with van der Waals surface area (Å²) in [5.41, 5.74) is 4.25. The van der Waals surface area contributed by atoms with Crippen LogP contribution in [-0.2, 0) is 6.54 Å². The number of ether oxygens (including phenoxy) is 1. The molecule has 2 aliphatic heterocycles. The SMILES string of the molecule is CCOc1ncc(-n2cc3c(n2)CNC2C3=CN(C)N2C)cn1. The number of rotatable bonds is 3. The van der Waals surface area contributed by atoms with Crippen LogP contribution in [0.3, 0.4) is 0 Å². The van der Waals surface area contributed by atoms with E-state index in [1.807, 2.05) is 24.9 Å². The second kappa shape index (κ2) is 5.32. The molecule has 23 heavy (non-hydrogen) atoms. The Morgan fingerprint density at radius 2 is 2.09 bits per heavy atom. The van der Waals surface area contributed by atoms with Crippen molar-refractivity contribution in [1.29, 1.82) is 0 Å². The molecular formula is C15H19N7O. The van der Waals surface area contributed by atoms with Crippen molar-refractivity contribution >= 4 is 5.57 Å². The van der Waals surface area contributed by atoms with Crippen LogP contribution in [0.15, 0.2) is 24.8 Å². The van der Waals surface area contributed by atoms with Gasteiger partial charge in [0.1, 0.15) is 11.9 Å². The largest absolute Gasteiger partial charge is 0.464 e. The molecule has 0 aromatic carbocycles. The molecule has 1 N–H and O–H groups in total. The minimum absolute atomic E-state index is 0.196. The Bertz CT molecular complexity index is 752. The average molecular weight is 313 g/mol. The molecule has 0 saturated heterocycles. The average Bonchev–Trinajstić information content (AvgIpc) is 3.11. The maximum Gasteiger partial charge on any atom is 0.316 e. The summed E-state index contributed by atoms with van der Waals surface area (Å²) in [6.45, 7) is 3.20. The third kappa shape index (κ3) is 2.27. The van der Waals surface area contributed by atoms with Crippen LogP contribution in [0.5, 0.6) is 6.01 Å². The first kappa shape index (κ1) is 14.2. The molecule has 2 aromatic rings. The molecule has 8 heteroatoms. The van der Waals surface area contributed by atoms with E-state index in [4.69, 9.17) is 4.74 Å². The zero-order valence-electron chi connectivity index (χ0n) is 13.4. The van der Waals surface area contributed by atoms with Gasteiger partial charge in [-0.25, -0.2) is 19.7 Å². The van der Waals surface area contributed by atoms with Crippen molar-refractivity contribution in [3.05, 3.63) is 36.0 Å². The van der Waals surface area contributed by atoms with E-state index in [-0.39, 0.29) is 6.17 Å². The first-order valence-electron chi connectivity index (χ1n) is 7.62. The third-order valence-electron chi connectivity index (χ3n) is 4.21. The summed E-state index contributed by atoms with van der Waals surface area (Å²) in [6.07, 6.45) is 7.82. The van der Waals surface area contributed by atoms with E-state index in [0.717, 1.165) is 17.9 Å². The molecule has 4 rings (SSSR count). The smallest absolute Gasteiger partial charge is 0.316 e. The number of likely N-dealkylation sites (N-methyl/N-ethyl adjacent to an activating group) is 1. The second-order valence-electron chi connectivity index (χ2n) is 5.61. The van der Waals surface area contributed by atoms with E-state index in [9.17, 15) is 0 Å². The van der Waals surface area contributed by atoms with E-state index in [2.05, 4.69) is 43.6 Å². The summed E-state index contributed by atoms with van der Waals surface area (Å²) in [5, 5.41) is 12.4. The molecule has 120 valence electrons. The lowest BCUT2D eigenvalue weighted by atomic mass is 10.0. The Morgan fingerprint density at radius 3 is 2.83 bits per heavy atom. The Labute approximate surface area is 134 Å². The maximum absolute atomic E-state index is 5.28. The minimum atomic E-state index is 0.196. The van der Waals surface area contributed by atoms with Crippen LogP contribution < -0.4 is 10.1 Å². The van der Waals surface area contributed by atoms with Gasteiger partial charge in [-0.05, 0) is 6.92 Å². The number of fused-ring (bicyclic) bond motifs is 3. The Morgan fingerprint density at radius 1 is 1.30 bits per heavy atom. The Kier molecular flexibility index (Phi) is 3.28. The van der Waals surface area contributed by atoms with Crippen LogP contribution >= 0.6 is 0 Å². The molecule has 0 spiro atoms. The van der Waals surface area contributed by atoms with Gasteiger partial charge in [0.2, 0.25) is 0 Å². The van der Waals surface area contributed by atoms with E-state index in [1.54, 1.807) is 12.4 Å². The predicted molar refractivity (Wildman–Crippen MR) is 84.5 cm³/mol. The highest BCUT2D eigenvalue weighted by atomic mass is 16.5. The fraction of sp³-hybridized carbons (Fsp3) is 0.400. The van der Waals surface area contributed by atoms with Crippen molar-refractivity contribution < 1.29 is 4.74 Å². The van der Waals surface area contributed by atoms with Crippen LogP contribution in [-0.4, -0.2) is 56.6 Å². The summed E-state index contributed by atoms with van der Waals surface area (Å²) in [4.78, 5) is 8.40. The molecule has 0 amide bonds. The zero-order valence-corrected chi connectivity index (χ0v) is 13.4. The lowest BCUT2D eigenvalue weighted by Gasteiger charge is -2.30. The fourth-order valence-corrected chi connectivity index (χ4v) is 2.94. The van der Waals surface area contributed by atoms with Crippen molar-refractivity contribution in [2.45, 2.75) is 19.6 Å². The minimum Gasteiger partial charge on any atom is -0.464 e. The molecule has 2 aliphatic rings. The van der Waals surface area contributed by atoms with Crippen LogP contribution in [0.2, 0.25) is 0 Å². The van der Waals surface area contributed by atoms with Crippen LogP contribution in [0.25, 0.3) is 11.3 Å². The molecule has 0 fully saturated rings. The number of nitrogens with one attached hydrogen (secondary N) is 1. The van der Waals surface area contributed by atoms with E-state index >= 15 is 0 Å². The van der Waals surface area contributed by atoms with Gasteiger partial charge in [-0.2, -0.15) is 5.10 Å². The van der Waals surface area contributed by atoms with Crippen molar-refractivity contribution in [2.24, 2.45) is 0 Å². The normalized spacial score (nSPS) is 20.2. The molecule has 1 atom stereocenters. The summed E-state index contributed by atoms with van der Waals surface area (Å²) in [6, 6.07) is 0.386. The van der Waals surface area contributed by atoms with Crippen molar-refractivity contribution in [3.8, 4) is 11.7 Å². The van der Waals surface area contributed by atoms with Crippen LogP contribution in [0.4, 0.5) is 0 Å². The summed E-state index contributed by atoms with van der Waals surface area (Å²) >= 11 is 0. The molecule has 8 nitrogen and oxygen atoms in total. The molecular weight excluding hydrogens is 294 g/mol. The first-order chi connectivity index (χ1) is 11.2. The highest BCUT2D eigenvalue weighted by Gasteiger charge is 2.34.